The molecule has 9 nitrogen and oxygen atoms in total. The Hall–Kier alpha value is -4.40. The van der Waals surface area contributed by atoms with Crippen LogP contribution in [0.3, 0.4) is 0 Å². The van der Waals surface area contributed by atoms with Crippen molar-refractivity contribution in [2.75, 3.05) is 40.4 Å². The van der Waals surface area contributed by atoms with E-state index in [0.717, 1.165) is 0 Å². The van der Waals surface area contributed by atoms with Crippen molar-refractivity contribution in [3.8, 4) is 28.7 Å². The number of amides is 1. The molecule has 0 heterocycles. The summed E-state index contributed by atoms with van der Waals surface area (Å²) in [6.45, 7) is 2.48. The molecule has 0 aliphatic rings. The molecule has 0 saturated heterocycles. The molecule has 36 heavy (non-hydrogen) atoms. The third-order valence-corrected chi connectivity index (χ3v) is 5.24. The first-order valence-corrected chi connectivity index (χ1v) is 11.1. The van der Waals surface area contributed by atoms with E-state index in [0.29, 0.717) is 46.5 Å². The van der Waals surface area contributed by atoms with Crippen molar-refractivity contribution in [1.82, 2.24) is 0 Å². The van der Waals surface area contributed by atoms with Crippen molar-refractivity contribution < 1.29 is 38.0 Å². The molecule has 0 atom stereocenters. The van der Waals surface area contributed by atoms with Gasteiger partial charge in [0.05, 0.1) is 46.3 Å². The smallest absolute Gasteiger partial charge is 0.340 e. The summed E-state index contributed by atoms with van der Waals surface area (Å²) in [5.74, 6) is 1.47. The van der Waals surface area contributed by atoms with E-state index in [2.05, 4.69) is 5.32 Å². The normalized spacial score (nSPS) is 10.2. The number of rotatable bonds is 11. The number of ether oxygens (including phenoxy) is 6. The fourth-order valence-corrected chi connectivity index (χ4v) is 3.44. The van der Waals surface area contributed by atoms with Gasteiger partial charge in [-0.05, 0) is 37.3 Å². The highest BCUT2D eigenvalue weighted by Gasteiger charge is 2.20. The van der Waals surface area contributed by atoms with Gasteiger partial charge in [-0.15, -0.1) is 0 Å². The molecule has 3 rings (SSSR count). The highest BCUT2D eigenvalue weighted by atomic mass is 16.5. The highest BCUT2D eigenvalue weighted by molar-refractivity contribution is 6.08. The van der Waals surface area contributed by atoms with Crippen LogP contribution in [0, 0.1) is 0 Å². The number of esters is 1. The zero-order valence-corrected chi connectivity index (χ0v) is 20.9. The Morgan fingerprint density at radius 3 is 2.17 bits per heavy atom. The van der Waals surface area contributed by atoms with Gasteiger partial charge in [-0.1, -0.05) is 6.07 Å². The SMILES string of the molecule is CCOc1ccc(C(=O)Nc2cc(OC)c(OC)cc2C(=O)OC)cc1COc1cccc(OC)c1. The average Bonchev–Trinajstić information content (AvgIpc) is 2.91. The minimum Gasteiger partial charge on any atom is -0.497 e. The molecular formula is C27H29NO8. The van der Waals surface area contributed by atoms with E-state index in [4.69, 9.17) is 28.4 Å². The maximum absolute atomic E-state index is 13.2. The van der Waals surface area contributed by atoms with Crippen LogP contribution in [0.2, 0.25) is 0 Å². The summed E-state index contributed by atoms with van der Waals surface area (Å²) in [4.78, 5) is 25.5. The zero-order chi connectivity index (χ0) is 26.1. The van der Waals surface area contributed by atoms with Gasteiger partial charge in [0.15, 0.2) is 11.5 Å². The molecule has 0 aliphatic heterocycles. The molecule has 0 radical (unpaired) electrons. The van der Waals surface area contributed by atoms with Crippen molar-refractivity contribution in [3.05, 3.63) is 71.3 Å². The molecule has 1 amide bonds. The number of anilines is 1. The fourth-order valence-electron chi connectivity index (χ4n) is 3.44. The molecule has 190 valence electrons. The Morgan fingerprint density at radius 2 is 1.50 bits per heavy atom. The fraction of sp³-hybridized carbons (Fsp3) is 0.259. The van der Waals surface area contributed by atoms with Gasteiger partial charge in [0.1, 0.15) is 23.9 Å². The molecule has 3 aromatic carbocycles. The molecule has 0 fully saturated rings. The van der Waals surface area contributed by atoms with E-state index in [1.54, 1.807) is 31.4 Å². The summed E-state index contributed by atoms with van der Waals surface area (Å²) in [6.07, 6.45) is 0. The lowest BCUT2D eigenvalue weighted by atomic mass is 10.1. The van der Waals surface area contributed by atoms with Crippen molar-refractivity contribution in [2.24, 2.45) is 0 Å². The van der Waals surface area contributed by atoms with E-state index in [9.17, 15) is 9.59 Å². The molecule has 0 bridgehead atoms. The minimum atomic E-state index is -0.634. The Morgan fingerprint density at radius 1 is 0.778 bits per heavy atom. The lowest BCUT2D eigenvalue weighted by molar-refractivity contribution is 0.0601. The number of methoxy groups -OCH3 is 4. The monoisotopic (exact) mass is 495 g/mol. The van der Waals surface area contributed by atoms with Crippen molar-refractivity contribution in [2.45, 2.75) is 13.5 Å². The van der Waals surface area contributed by atoms with Gasteiger partial charge in [0, 0.05) is 29.3 Å². The van der Waals surface area contributed by atoms with E-state index in [1.807, 2.05) is 25.1 Å². The van der Waals surface area contributed by atoms with E-state index in [-0.39, 0.29) is 17.9 Å². The first-order chi connectivity index (χ1) is 17.4. The number of carbonyl (C=O) groups excluding carboxylic acids is 2. The first kappa shape index (κ1) is 26.2. The largest absolute Gasteiger partial charge is 0.497 e. The molecule has 0 saturated carbocycles. The van der Waals surface area contributed by atoms with Crippen LogP contribution in [0.25, 0.3) is 0 Å². The van der Waals surface area contributed by atoms with E-state index >= 15 is 0 Å². The number of nitrogens with one attached hydrogen (secondary N) is 1. The van der Waals surface area contributed by atoms with E-state index < -0.39 is 11.9 Å². The molecule has 0 aliphatic carbocycles. The Balaban J connectivity index is 1.89. The average molecular weight is 496 g/mol. The van der Waals surface area contributed by atoms with Gasteiger partial charge in [-0.3, -0.25) is 4.79 Å². The van der Waals surface area contributed by atoms with Crippen LogP contribution < -0.4 is 29.0 Å². The molecular weight excluding hydrogens is 466 g/mol. The van der Waals surface area contributed by atoms with Gasteiger partial charge < -0.3 is 33.7 Å². The molecule has 0 unspecified atom stereocenters. The molecule has 0 aromatic heterocycles. The van der Waals surface area contributed by atoms with Gasteiger partial charge in [-0.2, -0.15) is 0 Å². The number of benzene rings is 3. The molecule has 3 aromatic rings. The standard InChI is InChI=1S/C27H29NO8/c1-6-35-23-11-10-17(12-18(23)16-36-20-9-7-8-19(13-20)31-2)26(29)28-22-15-25(33-4)24(32-3)14-21(22)27(30)34-5/h7-15H,6,16H2,1-5H3,(H,28,29). The van der Waals surface area contributed by atoms with Crippen LogP contribution in [-0.4, -0.2) is 46.9 Å². The second-order valence-electron chi connectivity index (χ2n) is 7.42. The first-order valence-electron chi connectivity index (χ1n) is 11.1. The lowest BCUT2D eigenvalue weighted by Gasteiger charge is -2.16. The molecule has 0 spiro atoms. The Labute approximate surface area is 209 Å². The van der Waals surface area contributed by atoms with Crippen molar-refractivity contribution in [3.63, 3.8) is 0 Å². The van der Waals surface area contributed by atoms with Crippen LogP contribution in [0.15, 0.2) is 54.6 Å². The van der Waals surface area contributed by atoms with Crippen molar-refractivity contribution in [1.29, 1.82) is 0 Å². The maximum atomic E-state index is 13.2. The quantitative estimate of drug-likeness (QED) is 0.381. The molecule has 1 N–H and O–H groups in total. The molecule has 9 heteroatoms. The number of carbonyl (C=O) groups is 2. The topological polar surface area (TPSA) is 102 Å². The summed E-state index contributed by atoms with van der Waals surface area (Å²) in [7, 11) is 5.75. The van der Waals surface area contributed by atoms with Crippen molar-refractivity contribution >= 4 is 17.6 Å². The summed E-state index contributed by atoms with van der Waals surface area (Å²) in [6, 6.07) is 15.2. The summed E-state index contributed by atoms with van der Waals surface area (Å²) < 4.78 is 32.3. The number of hydrogen-bond acceptors (Lipinski definition) is 8. The van der Waals surface area contributed by atoms with Crippen LogP contribution >= 0.6 is 0 Å². The van der Waals surface area contributed by atoms with Crippen LogP contribution in [0.4, 0.5) is 5.69 Å². The summed E-state index contributed by atoms with van der Waals surface area (Å²) in [5, 5.41) is 2.76. The second-order valence-corrected chi connectivity index (χ2v) is 7.42. The maximum Gasteiger partial charge on any atom is 0.340 e. The third-order valence-electron chi connectivity index (χ3n) is 5.24. The van der Waals surface area contributed by atoms with Gasteiger partial charge in [-0.25, -0.2) is 4.79 Å². The van der Waals surface area contributed by atoms with Crippen LogP contribution in [0.1, 0.15) is 33.2 Å². The predicted molar refractivity (Wildman–Crippen MR) is 134 cm³/mol. The highest BCUT2D eigenvalue weighted by Crippen LogP contribution is 2.34. The number of hydrogen-bond donors (Lipinski definition) is 1. The Kier molecular flexibility index (Phi) is 8.99. The van der Waals surface area contributed by atoms with Crippen LogP contribution in [0.5, 0.6) is 28.7 Å². The summed E-state index contributed by atoms with van der Waals surface area (Å²) in [5.41, 5.74) is 1.35. The minimum absolute atomic E-state index is 0.121. The second kappa shape index (κ2) is 12.3. The lowest BCUT2D eigenvalue weighted by Crippen LogP contribution is -2.16. The predicted octanol–water partition coefficient (Wildman–Crippen LogP) is 4.73. The zero-order valence-electron chi connectivity index (χ0n) is 20.9. The van der Waals surface area contributed by atoms with Gasteiger partial charge >= 0.3 is 5.97 Å². The summed E-state index contributed by atoms with van der Waals surface area (Å²) >= 11 is 0. The van der Waals surface area contributed by atoms with E-state index in [1.165, 1.54) is 33.5 Å². The van der Waals surface area contributed by atoms with Gasteiger partial charge in [0.2, 0.25) is 0 Å². The van der Waals surface area contributed by atoms with Gasteiger partial charge in [0.25, 0.3) is 5.91 Å². The van der Waals surface area contributed by atoms with Crippen LogP contribution in [-0.2, 0) is 11.3 Å². The Bertz CT molecular complexity index is 1220. The third kappa shape index (κ3) is 6.18.